The third kappa shape index (κ3) is 3.43. The van der Waals surface area contributed by atoms with Gasteiger partial charge >= 0.3 is 0 Å². The van der Waals surface area contributed by atoms with E-state index in [0.29, 0.717) is 10.0 Å². The van der Waals surface area contributed by atoms with E-state index in [9.17, 15) is 19.3 Å². The lowest BCUT2D eigenvalue weighted by atomic mass is 10.1. The van der Waals surface area contributed by atoms with Crippen molar-refractivity contribution in [2.24, 2.45) is 0 Å². The normalized spacial score (nSPS) is 10.2. The second-order valence-corrected chi connectivity index (χ2v) is 5.25. The van der Waals surface area contributed by atoms with E-state index in [1.54, 1.807) is 13.0 Å². The quantitative estimate of drug-likeness (QED) is 0.668. The van der Waals surface area contributed by atoms with Gasteiger partial charge in [0.15, 0.2) is 0 Å². The summed E-state index contributed by atoms with van der Waals surface area (Å²) in [6.07, 6.45) is 0. The number of amides is 1. The molecule has 108 valence electrons. The van der Waals surface area contributed by atoms with Crippen molar-refractivity contribution in [1.29, 1.82) is 0 Å². The fraction of sp³-hybridized carbons (Fsp3) is 0.0714. The number of hydrogen-bond donors (Lipinski definition) is 1. The number of rotatable bonds is 3. The van der Waals surface area contributed by atoms with Crippen molar-refractivity contribution in [3.63, 3.8) is 0 Å². The van der Waals surface area contributed by atoms with Crippen molar-refractivity contribution < 1.29 is 14.1 Å². The molecule has 0 aliphatic heterocycles. The molecule has 0 aromatic heterocycles. The van der Waals surface area contributed by atoms with Crippen molar-refractivity contribution in [3.8, 4) is 0 Å². The van der Waals surface area contributed by atoms with Crippen LogP contribution < -0.4 is 5.32 Å². The summed E-state index contributed by atoms with van der Waals surface area (Å²) in [5.41, 5.74) is 0.512. The Bertz CT molecular complexity index is 734. The van der Waals surface area contributed by atoms with Crippen LogP contribution in [-0.2, 0) is 0 Å². The average Bonchev–Trinajstić information content (AvgIpc) is 2.42. The molecule has 1 amide bonds. The number of carbonyl (C=O) groups excluding carboxylic acids is 1. The van der Waals surface area contributed by atoms with Gasteiger partial charge in [-0.25, -0.2) is 4.39 Å². The van der Waals surface area contributed by atoms with E-state index < -0.39 is 16.6 Å². The first-order valence-corrected chi connectivity index (χ1v) is 6.69. The van der Waals surface area contributed by atoms with Crippen LogP contribution in [0.4, 0.5) is 15.8 Å². The molecule has 2 rings (SSSR count). The van der Waals surface area contributed by atoms with Crippen LogP contribution in [0.15, 0.2) is 40.9 Å². The molecular formula is C14H10BrFN2O3. The summed E-state index contributed by atoms with van der Waals surface area (Å²) in [4.78, 5) is 22.3. The first kappa shape index (κ1) is 15.1. The number of hydrogen-bond acceptors (Lipinski definition) is 3. The number of nitro groups is 1. The molecule has 0 saturated heterocycles. The summed E-state index contributed by atoms with van der Waals surface area (Å²) in [7, 11) is 0. The maximum absolute atomic E-state index is 13.7. The van der Waals surface area contributed by atoms with Crippen LogP contribution in [0.3, 0.4) is 0 Å². The van der Waals surface area contributed by atoms with E-state index in [0.717, 1.165) is 0 Å². The molecule has 0 fully saturated rings. The van der Waals surface area contributed by atoms with Gasteiger partial charge in [0.05, 0.1) is 10.6 Å². The fourth-order valence-electron chi connectivity index (χ4n) is 1.75. The zero-order valence-electron chi connectivity index (χ0n) is 10.9. The molecule has 5 nitrogen and oxygen atoms in total. The number of nitro benzene ring substituents is 1. The second-order valence-electron chi connectivity index (χ2n) is 4.33. The predicted molar refractivity (Wildman–Crippen MR) is 79.9 cm³/mol. The Balaban J connectivity index is 2.32. The number of carbonyl (C=O) groups is 1. The van der Waals surface area contributed by atoms with E-state index in [2.05, 4.69) is 21.2 Å². The average molecular weight is 353 g/mol. The van der Waals surface area contributed by atoms with Gasteiger partial charge in [-0.2, -0.15) is 0 Å². The number of halogens is 2. The Labute approximate surface area is 128 Å². The highest BCUT2D eigenvalue weighted by molar-refractivity contribution is 9.10. The van der Waals surface area contributed by atoms with Gasteiger partial charge in [0, 0.05) is 22.2 Å². The summed E-state index contributed by atoms with van der Waals surface area (Å²) in [6.45, 7) is 1.65. The molecule has 2 aromatic rings. The summed E-state index contributed by atoms with van der Waals surface area (Å²) >= 11 is 3.12. The zero-order chi connectivity index (χ0) is 15.6. The number of nitrogens with zero attached hydrogens (tertiary/aromatic N) is 1. The smallest absolute Gasteiger partial charge is 0.270 e. The molecule has 2 aromatic carbocycles. The standard InChI is InChI=1S/C14H10BrFN2O3/c1-8-2-4-10(18(20)21)7-11(8)14(19)17-13-5-3-9(15)6-12(13)16/h2-7H,1H3,(H,17,19). The molecule has 0 saturated carbocycles. The Morgan fingerprint density at radius 1 is 1.29 bits per heavy atom. The number of benzene rings is 2. The number of non-ortho nitro benzene ring substituents is 1. The minimum atomic E-state index is -0.600. The van der Waals surface area contributed by atoms with E-state index in [1.165, 1.54) is 30.3 Å². The maximum atomic E-state index is 13.7. The largest absolute Gasteiger partial charge is 0.319 e. The van der Waals surface area contributed by atoms with Gasteiger partial charge in [-0.1, -0.05) is 22.0 Å². The molecule has 0 aliphatic carbocycles. The van der Waals surface area contributed by atoms with Crippen LogP contribution in [0.5, 0.6) is 0 Å². The Morgan fingerprint density at radius 2 is 2.00 bits per heavy atom. The van der Waals surface area contributed by atoms with Crippen molar-refractivity contribution in [2.75, 3.05) is 5.32 Å². The highest BCUT2D eigenvalue weighted by atomic mass is 79.9. The van der Waals surface area contributed by atoms with Crippen LogP contribution in [0.2, 0.25) is 0 Å². The monoisotopic (exact) mass is 352 g/mol. The lowest BCUT2D eigenvalue weighted by molar-refractivity contribution is -0.384. The molecule has 0 aliphatic rings. The molecule has 0 radical (unpaired) electrons. The van der Waals surface area contributed by atoms with Gasteiger partial charge in [-0.05, 0) is 30.7 Å². The SMILES string of the molecule is Cc1ccc([N+](=O)[O-])cc1C(=O)Nc1ccc(Br)cc1F. The van der Waals surface area contributed by atoms with Crippen LogP contribution in [0, 0.1) is 22.9 Å². The van der Waals surface area contributed by atoms with Crippen molar-refractivity contribution >= 4 is 33.2 Å². The summed E-state index contributed by atoms with van der Waals surface area (Å²) in [5.74, 6) is -1.20. The van der Waals surface area contributed by atoms with Crippen LogP contribution in [0.1, 0.15) is 15.9 Å². The van der Waals surface area contributed by atoms with Crippen LogP contribution in [-0.4, -0.2) is 10.8 Å². The van der Waals surface area contributed by atoms with E-state index in [-0.39, 0.29) is 16.9 Å². The lowest BCUT2D eigenvalue weighted by Gasteiger charge is -2.08. The topological polar surface area (TPSA) is 72.2 Å². The maximum Gasteiger partial charge on any atom is 0.270 e. The van der Waals surface area contributed by atoms with Crippen molar-refractivity contribution in [2.45, 2.75) is 6.92 Å². The highest BCUT2D eigenvalue weighted by Crippen LogP contribution is 2.22. The van der Waals surface area contributed by atoms with Gasteiger partial charge in [0.25, 0.3) is 11.6 Å². The highest BCUT2D eigenvalue weighted by Gasteiger charge is 2.16. The number of anilines is 1. The van der Waals surface area contributed by atoms with Gasteiger partial charge < -0.3 is 5.32 Å². The molecule has 0 spiro atoms. The Hall–Kier alpha value is -2.28. The lowest BCUT2D eigenvalue weighted by Crippen LogP contribution is -2.14. The first-order chi connectivity index (χ1) is 9.88. The molecule has 0 atom stereocenters. The fourth-order valence-corrected chi connectivity index (χ4v) is 2.08. The van der Waals surface area contributed by atoms with Crippen molar-refractivity contribution in [1.82, 2.24) is 0 Å². The second kappa shape index (κ2) is 6.01. The molecule has 0 heterocycles. The number of nitrogens with one attached hydrogen (secondary N) is 1. The first-order valence-electron chi connectivity index (χ1n) is 5.90. The van der Waals surface area contributed by atoms with Gasteiger partial charge in [-0.3, -0.25) is 14.9 Å². The predicted octanol–water partition coefficient (Wildman–Crippen LogP) is 4.06. The Kier molecular flexibility index (Phi) is 4.32. The summed E-state index contributed by atoms with van der Waals surface area (Å²) < 4.78 is 14.2. The van der Waals surface area contributed by atoms with E-state index in [4.69, 9.17) is 0 Å². The third-order valence-corrected chi connectivity index (χ3v) is 3.35. The van der Waals surface area contributed by atoms with Crippen LogP contribution >= 0.6 is 15.9 Å². The van der Waals surface area contributed by atoms with Crippen molar-refractivity contribution in [3.05, 3.63) is 67.9 Å². The van der Waals surface area contributed by atoms with E-state index >= 15 is 0 Å². The zero-order valence-corrected chi connectivity index (χ0v) is 12.5. The number of aryl methyl sites for hydroxylation is 1. The molecule has 21 heavy (non-hydrogen) atoms. The molecule has 7 heteroatoms. The minimum absolute atomic E-state index is 0.00843. The Morgan fingerprint density at radius 3 is 2.62 bits per heavy atom. The summed E-state index contributed by atoms with van der Waals surface area (Å²) in [5, 5.41) is 13.1. The van der Waals surface area contributed by atoms with Gasteiger partial charge in [-0.15, -0.1) is 0 Å². The molecular weight excluding hydrogens is 343 g/mol. The third-order valence-electron chi connectivity index (χ3n) is 2.86. The van der Waals surface area contributed by atoms with Gasteiger partial charge in [0.2, 0.25) is 0 Å². The summed E-state index contributed by atoms with van der Waals surface area (Å²) in [6, 6.07) is 8.16. The van der Waals surface area contributed by atoms with E-state index in [1.807, 2.05) is 0 Å². The molecule has 0 bridgehead atoms. The van der Waals surface area contributed by atoms with Crippen LogP contribution in [0.25, 0.3) is 0 Å². The molecule has 1 N–H and O–H groups in total. The minimum Gasteiger partial charge on any atom is -0.319 e. The van der Waals surface area contributed by atoms with Gasteiger partial charge in [0.1, 0.15) is 5.82 Å². The molecule has 0 unspecified atom stereocenters.